The van der Waals surface area contributed by atoms with Crippen LogP contribution in [0.5, 0.6) is 0 Å². The van der Waals surface area contributed by atoms with Crippen molar-refractivity contribution >= 4 is 16.7 Å². The molecule has 0 bridgehead atoms. The van der Waals surface area contributed by atoms with E-state index in [1.54, 1.807) is 0 Å². The molecule has 0 aliphatic carbocycles. The smallest absolute Gasteiger partial charge is 0.267 e. The molecule has 0 unspecified atom stereocenters. The van der Waals surface area contributed by atoms with E-state index in [0.29, 0.717) is 0 Å². The molecule has 0 aromatic heterocycles. The Morgan fingerprint density at radius 1 is 0.967 bits per heavy atom. The SMILES string of the molecule is C[C@@](CCc1ccc2cc(-c3ccccc3)ccc2c1)(C(=O)NO)[C@](C)(O)C(F)F. The molecule has 1 amide bonds. The molecule has 3 N–H and O–H groups in total. The number of aryl methyl sites for hydroxylation is 1. The minimum atomic E-state index is -3.15. The fraction of sp³-hybridized carbons (Fsp3) is 0.292. The number of halogens is 2. The lowest BCUT2D eigenvalue weighted by atomic mass is 9.70. The molecular formula is C24H25F2NO3. The van der Waals surface area contributed by atoms with Crippen LogP contribution in [0.4, 0.5) is 8.78 Å². The minimum Gasteiger partial charge on any atom is -0.383 e. The van der Waals surface area contributed by atoms with Crippen molar-refractivity contribution in [2.24, 2.45) is 5.41 Å². The van der Waals surface area contributed by atoms with Crippen LogP contribution >= 0.6 is 0 Å². The summed E-state index contributed by atoms with van der Waals surface area (Å²) < 4.78 is 26.8. The van der Waals surface area contributed by atoms with Crippen molar-refractivity contribution in [3.8, 4) is 11.1 Å². The van der Waals surface area contributed by atoms with Gasteiger partial charge in [-0.05, 0) is 60.2 Å². The number of alkyl halides is 2. The summed E-state index contributed by atoms with van der Waals surface area (Å²) in [6, 6.07) is 21.9. The Labute approximate surface area is 174 Å². The summed E-state index contributed by atoms with van der Waals surface area (Å²) in [5, 5.41) is 21.3. The van der Waals surface area contributed by atoms with Crippen LogP contribution < -0.4 is 5.48 Å². The highest BCUT2D eigenvalue weighted by Crippen LogP contribution is 2.40. The molecule has 0 spiro atoms. The van der Waals surface area contributed by atoms with Crippen molar-refractivity contribution in [1.29, 1.82) is 0 Å². The lowest BCUT2D eigenvalue weighted by Crippen LogP contribution is -2.57. The third kappa shape index (κ3) is 4.06. The lowest BCUT2D eigenvalue weighted by molar-refractivity contribution is -0.183. The zero-order valence-corrected chi connectivity index (χ0v) is 16.9. The monoisotopic (exact) mass is 413 g/mol. The maximum absolute atomic E-state index is 13.4. The van der Waals surface area contributed by atoms with Gasteiger partial charge in [0.1, 0.15) is 5.60 Å². The molecule has 158 valence electrons. The molecule has 0 aliphatic rings. The normalized spacial score (nSPS) is 15.6. The topological polar surface area (TPSA) is 69.6 Å². The van der Waals surface area contributed by atoms with Crippen molar-refractivity contribution in [3.05, 3.63) is 72.3 Å². The third-order valence-corrected chi connectivity index (χ3v) is 6.07. The Bertz CT molecular complexity index is 1040. The van der Waals surface area contributed by atoms with E-state index in [-0.39, 0.29) is 12.8 Å². The van der Waals surface area contributed by atoms with E-state index in [2.05, 4.69) is 6.07 Å². The van der Waals surface area contributed by atoms with Crippen molar-refractivity contribution < 1.29 is 23.9 Å². The maximum atomic E-state index is 13.4. The van der Waals surface area contributed by atoms with Crippen LogP contribution in [0.15, 0.2) is 66.7 Å². The second kappa shape index (κ2) is 8.50. The summed E-state index contributed by atoms with van der Waals surface area (Å²) >= 11 is 0. The predicted octanol–water partition coefficient (Wildman–Crippen LogP) is 4.97. The molecule has 0 radical (unpaired) electrons. The van der Waals surface area contributed by atoms with Gasteiger partial charge < -0.3 is 5.11 Å². The van der Waals surface area contributed by atoms with E-state index in [1.807, 2.05) is 60.7 Å². The van der Waals surface area contributed by atoms with Crippen LogP contribution in [-0.4, -0.2) is 28.2 Å². The van der Waals surface area contributed by atoms with Gasteiger partial charge in [0.05, 0.1) is 5.41 Å². The Kier molecular flexibility index (Phi) is 6.19. The largest absolute Gasteiger partial charge is 0.383 e. The van der Waals surface area contributed by atoms with Gasteiger partial charge in [0, 0.05) is 0 Å². The van der Waals surface area contributed by atoms with Crippen molar-refractivity contribution in [2.45, 2.75) is 38.7 Å². The van der Waals surface area contributed by atoms with Crippen molar-refractivity contribution in [3.63, 3.8) is 0 Å². The Morgan fingerprint density at radius 3 is 2.23 bits per heavy atom. The number of hydrogen-bond acceptors (Lipinski definition) is 3. The second-order valence-corrected chi connectivity index (χ2v) is 7.98. The van der Waals surface area contributed by atoms with Gasteiger partial charge >= 0.3 is 0 Å². The van der Waals surface area contributed by atoms with E-state index >= 15 is 0 Å². The van der Waals surface area contributed by atoms with Crippen LogP contribution in [0.1, 0.15) is 25.8 Å². The van der Waals surface area contributed by atoms with Gasteiger partial charge in [-0.3, -0.25) is 10.0 Å². The van der Waals surface area contributed by atoms with Crippen molar-refractivity contribution in [1.82, 2.24) is 5.48 Å². The van der Waals surface area contributed by atoms with Crippen LogP contribution in [-0.2, 0) is 11.2 Å². The molecule has 3 rings (SSSR count). The van der Waals surface area contributed by atoms with Crippen LogP contribution in [0.25, 0.3) is 21.9 Å². The lowest BCUT2D eigenvalue weighted by Gasteiger charge is -2.40. The zero-order valence-electron chi connectivity index (χ0n) is 16.9. The number of amides is 1. The van der Waals surface area contributed by atoms with E-state index in [0.717, 1.165) is 34.4 Å². The van der Waals surface area contributed by atoms with Gasteiger partial charge in [0.2, 0.25) is 0 Å². The van der Waals surface area contributed by atoms with Crippen LogP contribution in [0, 0.1) is 5.41 Å². The summed E-state index contributed by atoms with van der Waals surface area (Å²) in [6.45, 7) is 2.15. The molecule has 3 aromatic carbocycles. The number of benzene rings is 3. The molecule has 2 atom stereocenters. The van der Waals surface area contributed by atoms with E-state index in [4.69, 9.17) is 5.21 Å². The number of aliphatic hydroxyl groups is 1. The summed E-state index contributed by atoms with van der Waals surface area (Å²) in [5.74, 6) is -1.04. The first-order valence-corrected chi connectivity index (χ1v) is 9.72. The standard InChI is InChI=1S/C24H25F2NO3/c1-23(22(28)27-30,24(2,29)21(25)26)13-12-16-8-9-20-15-19(11-10-18(20)14-16)17-6-4-3-5-7-17/h3-11,14-15,21,29-30H,12-13H2,1-2H3,(H,27,28)/t23-,24-/m1/s1. The number of rotatable bonds is 7. The van der Waals surface area contributed by atoms with Crippen LogP contribution in [0.2, 0.25) is 0 Å². The maximum Gasteiger partial charge on any atom is 0.267 e. The predicted molar refractivity (Wildman–Crippen MR) is 112 cm³/mol. The Balaban J connectivity index is 1.85. The summed E-state index contributed by atoms with van der Waals surface area (Å²) in [5.41, 5.74) is 0.00533. The molecule has 4 nitrogen and oxygen atoms in total. The molecular weight excluding hydrogens is 388 g/mol. The van der Waals surface area contributed by atoms with E-state index in [1.165, 1.54) is 12.4 Å². The van der Waals surface area contributed by atoms with Gasteiger partial charge in [-0.25, -0.2) is 14.3 Å². The van der Waals surface area contributed by atoms with E-state index < -0.39 is 23.3 Å². The highest BCUT2D eigenvalue weighted by molar-refractivity contribution is 5.88. The molecule has 0 saturated carbocycles. The Hall–Kier alpha value is -2.83. The number of hydroxylamine groups is 1. The summed E-state index contributed by atoms with van der Waals surface area (Å²) in [7, 11) is 0. The van der Waals surface area contributed by atoms with Crippen LogP contribution in [0.3, 0.4) is 0 Å². The fourth-order valence-electron chi connectivity index (χ4n) is 3.62. The first-order chi connectivity index (χ1) is 14.2. The zero-order chi connectivity index (χ0) is 21.9. The molecule has 0 aliphatic heterocycles. The van der Waals surface area contributed by atoms with Crippen molar-refractivity contribution in [2.75, 3.05) is 0 Å². The number of carbonyl (C=O) groups excluding carboxylic acids is 1. The minimum absolute atomic E-state index is 0.0651. The van der Waals surface area contributed by atoms with Gasteiger partial charge in [-0.15, -0.1) is 0 Å². The molecule has 6 heteroatoms. The summed E-state index contributed by atoms with van der Waals surface area (Å²) in [6.07, 6.45) is -2.93. The quantitative estimate of drug-likeness (QED) is 0.378. The van der Waals surface area contributed by atoms with E-state index in [9.17, 15) is 18.7 Å². The first kappa shape index (κ1) is 21.9. The highest BCUT2D eigenvalue weighted by atomic mass is 19.3. The second-order valence-electron chi connectivity index (χ2n) is 7.98. The molecule has 30 heavy (non-hydrogen) atoms. The number of carbonyl (C=O) groups is 1. The first-order valence-electron chi connectivity index (χ1n) is 9.72. The number of hydrogen-bond donors (Lipinski definition) is 3. The molecule has 3 aromatic rings. The fourth-order valence-corrected chi connectivity index (χ4v) is 3.62. The average Bonchev–Trinajstić information content (AvgIpc) is 2.76. The molecule has 0 heterocycles. The Morgan fingerprint density at radius 2 is 1.60 bits per heavy atom. The highest BCUT2D eigenvalue weighted by Gasteiger charge is 2.54. The van der Waals surface area contributed by atoms with Gasteiger partial charge in [0.15, 0.2) is 0 Å². The van der Waals surface area contributed by atoms with Gasteiger partial charge in [-0.2, -0.15) is 0 Å². The number of nitrogens with one attached hydrogen (secondary N) is 1. The average molecular weight is 413 g/mol. The molecule has 0 saturated heterocycles. The van der Waals surface area contributed by atoms with Gasteiger partial charge in [0.25, 0.3) is 12.3 Å². The number of fused-ring (bicyclic) bond motifs is 1. The third-order valence-electron chi connectivity index (χ3n) is 6.07. The molecule has 0 fully saturated rings. The summed E-state index contributed by atoms with van der Waals surface area (Å²) in [4.78, 5) is 12.1. The van der Waals surface area contributed by atoms with Gasteiger partial charge in [-0.1, -0.05) is 60.7 Å².